The highest BCUT2D eigenvalue weighted by Crippen LogP contribution is 2.29. The zero-order chi connectivity index (χ0) is 24.1. The van der Waals surface area contributed by atoms with Crippen LogP contribution in [0.4, 0.5) is 10.8 Å². The highest BCUT2D eigenvalue weighted by atomic mass is 35.5. The summed E-state index contributed by atoms with van der Waals surface area (Å²) in [4.78, 5) is 25.8. The van der Waals surface area contributed by atoms with Gasteiger partial charge in [0.05, 0.1) is 31.0 Å². The number of rotatable bonds is 7. The monoisotopic (exact) mass is 494 g/mol. The molecule has 1 heterocycles. The molecule has 0 aliphatic carbocycles. The first-order valence-corrected chi connectivity index (χ1v) is 11.2. The maximum atomic E-state index is 13.0. The molecule has 172 valence electrons. The van der Waals surface area contributed by atoms with Gasteiger partial charge in [-0.05, 0) is 54.6 Å². The molecule has 0 unspecified atom stereocenters. The van der Waals surface area contributed by atoms with Gasteiger partial charge in [-0.2, -0.15) is 0 Å². The van der Waals surface area contributed by atoms with Crippen LogP contribution in [0.15, 0.2) is 66.7 Å². The third kappa shape index (κ3) is 5.16. The van der Waals surface area contributed by atoms with E-state index in [1.807, 2.05) is 24.3 Å². The molecule has 34 heavy (non-hydrogen) atoms. The van der Waals surface area contributed by atoms with Crippen molar-refractivity contribution in [3.63, 3.8) is 0 Å². The van der Waals surface area contributed by atoms with E-state index >= 15 is 0 Å². The minimum Gasteiger partial charge on any atom is -0.497 e. The lowest BCUT2D eigenvalue weighted by Gasteiger charge is -2.12. The number of nitrogens with one attached hydrogen (secondary N) is 2. The van der Waals surface area contributed by atoms with E-state index in [0.29, 0.717) is 26.6 Å². The van der Waals surface area contributed by atoms with Gasteiger partial charge in [-0.3, -0.25) is 14.9 Å². The summed E-state index contributed by atoms with van der Waals surface area (Å²) in [5.41, 5.74) is 1.69. The molecular weight excluding hydrogens is 476 g/mol. The van der Waals surface area contributed by atoms with Gasteiger partial charge >= 0.3 is 0 Å². The predicted octanol–water partition coefficient (Wildman–Crippen LogP) is 5.38. The summed E-state index contributed by atoms with van der Waals surface area (Å²) in [5.74, 6) is 0.197. The molecule has 3 aromatic carbocycles. The summed E-state index contributed by atoms with van der Waals surface area (Å²) in [6.45, 7) is 0. The smallest absolute Gasteiger partial charge is 0.259 e. The van der Waals surface area contributed by atoms with Crippen molar-refractivity contribution in [1.82, 2.24) is 10.2 Å². The molecule has 0 saturated carbocycles. The Labute approximate surface area is 204 Å². The van der Waals surface area contributed by atoms with E-state index in [1.165, 1.54) is 24.5 Å². The third-order valence-electron chi connectivity index (χ3n) is 4.81. The van der Waals surface area contributed by atoms with Crippen LogP contribution in [-0.2, 0) is 0 Å². The molecule has 10 heteroatoms. The second-order valence-electron chi connectivity index (χ2n) is 6.94. The van der Waals surface area contributed by atoms with Gasteiger partial charge in [-0.25, -0.2) is 0 Å². The Morgan fingerprint density at radius 1 is 0.853 bits per heavy atom. The quantitative estimate of drug-likeness (QED) is 0.357. The number of amides is 2. The first kappa shape index (κ1) is 23.2. The van der Waals surface area contributed by atoms with Gasteiger partial charge < -0.3 is 14.8 Å². The van der Waals surface area contributed by atoms with Crippen molar-refractivity contribution in [2.24, 2.45) is 0 Å². The minimum absolute atomic E-state index is 0.249. The van der Waals surface area contributed by atoms with Crippen molar-refractivity contribution in [1.29, 1.82) is 0 Å². The Kier molecular flexibility index (Phi) is 7.05. The van der Waals surface area contributed by atoms with Gasteiger partial charge in [0.1, 0.15) is 16.5 Å². The van der Waals surface area contributed by atoms with Crippen LogP contribution < -0.4 is 20.1 Å². The van der Waals surface area contributed by atoms with E-state index in [1.54, 1.807) is 43.5 Å². The Morgan fingerprint density at radius 3 is 2.32 bits per heavy atom. The standard InChI is InChI=1S/C24H19ClN4O4S/c1-32-16-10-7-14(8-11-16)23-28-29-24(34-23)27-21(30)17-5-3-4-6-19(17)26-22(31)18-13-15(25)9-12-20(18)33-2/h3-13H,1-2H3,(H,26,31)(H,27,29,30). The van der Waals surface area contributed by atoms with Gasteiger partial charge in [-0.15, -0.1) is 10.2 Å². The Bertz CT molecular complexity index is 1340. The van der Waals surface area contributed by atoms with Gasteiger partial charge in [-0.1, -0.05) is 35.1 Å². The van der Waals surface area contributed by atoms with Crippen molar-refractivity contribution in [3.05, 3.63) is 82.9 Å². The topological polar surface area (TPSA) is 102 Å². The van der Waals surface area contributed by atoms with Crippen molar-refractivity contribution in [2.45, 2.75) is 0 Å². The summed E-state index contributed by atoms with van der Waals surface area (Å²) in [6, 6.07) is 18.7. The van der Waals surface area contributed by atoms with E-state index in [9.17, 15) is 9.59 Å². The van der Waals surface area contributed by atoms with E-state index in [4.69, 9.17) is 21.1 Å². The van der Waals surface area contributed by atoms with Crippen LogP contribution in [0, 0.1) is 0 Å². The number of carbonyl (C=O) groups is 2. The SMILES string of the molecule is COc1ccc(-c2nnc(NC(=O)c3ccccc3NC(=O)c3cc(Cl)ccc3OC)s2)cc1. The lowest BCUT2D eigenvalue weighted by Crippen LogP contribution is -2.18. The van der Waals surface area contributed by atoms with Crippen molar-refractivity contribution < 1.29 is 19.1 Å². The fraction of sp³-hybridized carbons (Fsp3) is 0.0833. The molecular formula is C24H19ClN4O4S. The van der Waals surface area contributed by atoms with Crippen LogP contribution >= 0.6 is 22.9 Å². The molecule has 0 spiro atoms. The number of benzene rings is 3. The Hall–Kier alpha value is -3.95. The first-order valence-electron chi connectivity index (χ1n) is 10.0. The number of ether oxygens (including phenoxy) is 2. The van der Waals surface area contributed by atoms with Crippen molar-refractivity contribution in [3.8, 4) is 22.1 Å². The highest BCUT2D eigenvalue weighted by Gasteiger charge is 2.18. The number of halogens is 1. The molecule has 4 aromatic rings. The zero-order valence-corrected chi connectivity index (χ0v) is 19.7. The summed E-state index contributed by atoms with van der Waals surface area (Å²) < 4.78 is 10.4. The minimum atomic E-state index is -0.461. The number of aromatic nitrogens is 2. The average molecular weight is 495 g/mol. The fourth-order valence-corrected chi connectivity index (χ4v) is 4.04. The van der Waals surface area contributed by atoms with E-state index in [-0.39, 0.29) is 11.1 Å². The zero-order valence-electron chi connectivity index (χ0n) is 18.2. The second kappa shape index (κ2) is 10.3. The number of hydrogen-bond donors (Lipinski definition) is 2. The number of para-hydroxylation sites is 1. The van der Waals surface area contributed by atoms with Crippen molar-refractivity contribution in [2.75, 3.05) is 24.9 Å². The molecule has 8 nitrogen and oxygen atoms in total. The molecule has 0 radical (unpaired) electrons. The maximum absolute atomic E-state index is 13.0. The summed E-state index contributed by atoms with van der Waals surface area (Å²) in [6.07, 6.45) is 0. The van der Waals surface area contributed by atoms with Crippen LogP contribution in [0.2, 0.25) is 5.02 Å². The Balaban J connectivity index is 1.52. The molecule has 0 saturated heterocycles. The number of methoxy groups -OCH3 is 2. The normalized spacial score (nSPS) is 10.4. The highest BCUT2D eigenvalue weighted by molar-refractivity contribution is 7.18. The number of hydrogen-bond acceptors (Lipinski definition) is 7. The van der Waals surface area contributed by atoms with E-state index in [2.05, 4.69) is 20.8 Å². The van der Waals surface area contributed by atoms with Crippen LogP contribution in [0.3, 0.4) is 0 Å². The molecule has 0 aliphatic heterocycles. The average Bonchev–Trinajstić information content (AvgIpc) is 3.32. The van der Waals surface area contributed by atoms with Gasteiger partial charge in [0.25, 0.3) is 11.8 Å². The third-order valence-corrected chi connectivity index (χ3v) is 5.93. The molecule has 4 rings (SSSR count). The molecule has 0 fully saturated rings. The predicted molar refractivity (Wildman–Crippen MR) is 132 cm³/mol. The van der Waals surface area contributed by atoms with Gasteiger partial charge in [0, 0.05) is 10.6 Å². The lowest BCUT2D eigenvalue weighted by molar-refractivity contribution is 0.102. The molecule has 1 aromatic heterocycles. The molecule has 0 atom stereocenters. The van der Waals surface area contributed by atoms with E-state index < -0.39 is 11.8 Å². The van der Waals surface area contributed by atoms with Gasteiger partial charge in [0.15, 0.2) is 0 Å². The maximum Gasteiger partial charge on any atom is 0.259 e. The Morgan fingerprint density at radius 2 is 1.59 bits per heavy atom. The summed E-state index contributed by atoms with van der Waals surface area (Å²) >= 11 is 7.27. The summed E-state index contributed by atoms with van der Waals surface area (Å²) in [7, 11) is 3.06. The number of carbonyl (C=O) groups excluding carboxylic acids is 2. The van der Waals surface area contributed by atoms with Crippen LogP contribution in [-0.4, -0.2) is 36.2 Å². The van der Waals surface area contributed by atoms with Crippen LogP contribution in [0.1, 0.15) is 20.7 Å². The molecule has 0 aliphatic rings. The van der Waals surface area contributed by atoms with Crippen LogP contribution in [0.25, 0.3) is 10.6 Å². The lowest BCUT2D eigenvalue weighted by atomic mass is 10.1. The first-order chi connectivity index (χ1) is 16.5. The second-order valence-corrected chi connectivity index (χ2v) is 8.35. The number of anilines is 2. The van der Waals surface area contributed by atoms with Crippen molar-refractivity contribution >= 4 is 45.6 Å². The fourth-order valence-electron chi connectivity index (χ4n) is 3.13. The molecule has 0 bridgehead atoms. The summed E-state index contributed by atoms with van der Waals surface area (Å²) in [5, 5.41) is 15.1. The largest absolute Gasteiger partial charge is 0.497 e. The number of nitrogens with zero attached hydrogens (tertiary/aromatic N) is 2. The van der Waals surface area contributed by atoms with Gasteiger partial charge in [0.2, 0.25) is 5.13 Å². The van der Waals surface area contributed by atoms with E-state index in [0.717, 1.165) is 11.3 Å². The molecule has 2 N–H and O–H groups in total. The van der Waals surface area contributed by atoms with Crippen LogP contribution in [0.5, 0.6) is 11.5 Å². The molecule has 2 amide bonds.